The van der Waals surface area contributed by atoms with Crippen LogP contribution >= 0.6 is 0 Å². The number of benzene rings is 2. The molecule has 0 bridgehead atoms. The zero-order valence-electron chi connectivity index (χ0n) is 14.8. The molecule has 5 nitrogen and oxygen atoms in total. The monoisotopic (exact) mass is 337 g/mol. The lowest BCUT2D eigenvalue weighted by atomic mass is 10.0. The van der Waals surface area contributed by atoms with Crippen molar-refractivity contribution in [1.29, 1.82) is 0 Å². The van der Waals surface area contributed by atoms with Gasteiger partial charge in [-0.05, 0) is 55.2 Å². The van der Waals surface area contributed by atoms with Crippen molar-refractivity contribution in [1.82, 2.24) is 0 Å². The molecule has 2 aromatic carbocycles. The van der Waals surface area contributed by atoms with Crippen molar-refractivity contribution in [3.63, 3.8) is 0 Å². The molecule has 0 spiro atoms. The van der Waals surface area contributed by atoms with Crippen molar-refractivity contribution in [2.45, 2.75) is 39.7 Å². The van der Waals surface area contributed by atoms with E-state index in [2.05, 4.69) is 16.0 Å². The van der Waals surface area contributed by atoms with Gasteiger partial charge in [-0.3, -0.25) is 9.59 Å². The first-order valence-corrected chi connectivity index (χ1v) is 8.54. The van der Waals surface area contributed by atoms with Gasteiger partial charge in [-0.25, -0.2) is 0 Å². The summed E-state index contributed by atoms with van der Waals surface area (Å²) in [7, 11) is 0. The standard InChI is InChI=1S/C20H23N3O2/c1-4-14-7-5-6-8-15(14)22-19(24)11-18-20(25)23-17-10-13(3)12(2)9-16(17)21-18/h5-10,18,21H,4,11H2,1-3H3,(H,22,24)(H,23,25)/t18-/m1/s1. The molecule has 2 aromatic rings. The highest BCUT2D eigenvalue weighted by molar-refractivity contribution is 6.06. The quantitative estimate of drug-likeness (QED) is 0.798. The maximum atomic E-state index is 12.4. The fourth-order valence-electron chi connectivity index (χ4n) is 2.99. The minimum Gasteiger partial charge on any atom is -0.372 e. The number of hydrogen-bond acceptors (Lipinski definition) is 3. The molecule has 1 aliphatic heterocycles. The van der Waals surface area contributed by atoms with Gasteiger partial charge in [0, 0.05) is 5.69 Å². The lowest BCUT2D eigenvalue weighted by Crippen LogP contribution is -2.41. The second-order valence-electron chi connectivity index (χ2n) is 6.43. The number of aryl methyl sites for hydroxylation is 3. The van der Waals surface area contributed by atoms with Gasteiger partial charge in [-0.15, -0.1) is 0 Å². The number of carbonyl (C=O) groups is 2. The van der Waals surface area contributed by atoms with Crippen molar-refractivity contribution in [2.24, 2.45) is 0 Å². The van der Waals surface area contributed by atoms with Gasteiger partial charge >= 0.3 is 0 Å². The van der Waals surface area contributed by atoms with E-state index in [0.717, 1.165) is 40.2 Å². The molecular formula is C20H23N3O2. The van der Waals surface area contributed by atoms with E-state index in [9.17, 15) is 9.59 Å². The lowest BCUT2D eigenvalue weighted by molar-refractivity contribution is -0.122. The summed E-state index contributed by atoms with van der Waals surface area (Å²) >= 11 is 0. The maximum absolute atomic E-state index is 12.4. The molecule has 0 aromatic heterocycles. The van der Waals surface area contributed by atoms with Crippen LogP contribution < -0.4 is 16.0 Å². The number of nitrogens with one attached hydrogen (secondary N) is 3. The Morgan fingerprint density at radius 2 is 1.80 bits per heavy atom. The van der Waals surface area contributed by atoms with Crippen LogP contribution in [0.15, 0.2) is 36.4 Å². The number of carbonyl (C=O) groups excluding carboxylic acids is 2. The lowest BCUT2D eigenvalue weighted by Gasteiger charge is -2.27. The Morgan fingerprint density at radius 1 is 1.12 bits per heavy atom. The van der Waals surface area contributed by atoms with Gasteiger partial charge in [0.15, 0.2) is 0 Å². The highest BCUT2D eigenvalue weighted by atomic mass is 16.2. The normalized spacial score (nSPS) is 15.8. The molecule has 0 saturated heterocycles. The fourth-order valence-corrected chi connectivity index (χ4v) is 2.99. The molecular weight excluding hydrogens is 314 g/mol. The van der Waals surface area contributed by atoms with Crippen LogP contribution in [0.25, 0.3) is 0 Å². The summed E-state index contributed by atoms with van der Waals surface area (Å²) in [5, 5.41) is 8.99. The number of para-hydroxylation sites is 1. The Hall–Kier alpha value is -2.82. The van der Waals surface area contributed by atoms with Gasteiger partial charge < -0.3 is 16.0 Å². The van der Waals surface area contributed by atoms with E-state index < -0.39 is 6.04 Å². The molecule has 0 radical (unpaired) electrons. The molecule has 130 valence electrons. The van der Waals surface area contributed by atoms with E-state index >= 15 is 0 Å². The van der Waals surface area contributed by atoms with Crippen molar-refractivity contribution in [3.8, 4) is 0 Å². The average Bonchev–Trinajstić information content (AvgIpc) is 2.58. The van der Waals surface area contributed by atoms with E-state index in [4.69, 9.17) is 0 Å². The van der Waals surface area contributed by atoms with Crippen molar-refractivity contribution >= 4 is 28.9 Å². The van der Waals surface area contributed by atoms with E-state index in [1.807, 2.05) is 57.2 Å². The smallest absolute Gasteiger partial charge is 0.247 e. The van der Waals surface area contributed by atoms with Crippen molar-refractivity contribution in [3.05, 3.63) is 53.1 Å². The van der Waals surface area contributed by atoms with Gasteiger partial charge in [-0.2, -0.15) is 0 Å². The van der Waals surface area contributed by atoms with Crippen LogP contribution in [0.1, 0.15) is 30.0 Å². The Morgan fingerprint density at radius 3 is 2.52 bits per heavy atom. The Bertz CT molecular complexity index is 830. The highest BCUT2D eigenvalue weighted by Gasteiger charge is 2.28. The molecule has 25 heavy (non-hydrogen) atoms. The first kappa shape index (κ1) is 17.0. The number of amides is 2. The molecule has 0 aliphatic carbocycles. The van der Waals surface area contributed by atoms with Crippen LogP contribution in [0.4, 0.5) is 17.1 Å². The van der Waals surface area contributed by atoms with Crippen LogP contribution in [0.3, 0.4) is 0 Å². The van der Waals surface area contributed by atoms with E-state index in [1.54, 1.807) is 0 Å². The first-order chi connectivity index (χ1) is 12.0. The number of anilines is 3. The Kier molecular flexibility index (Phi) is 4.74. The molecule has 2 amide bonds. The van der Waals surface area contributed by atoms with Gasteiger partial charge in [0.05, 0.1) is 17.8 Å². The minimum absolute atomic E-state index is 0.0796. The predicted octanol–water partition coefficient (Wildman–Crippen LogP) is 3.63. The Labute approximate surface area is 147 Å². The molecule has 0 fully saturated rings. The zero-order valence-corrected chi connectivity index (χ0v) is 14.8. The SMILES string of the molecule is CCc1ccccc1NC(=O)C[C@H]1Nc2cc(C)c(C)cc2NC1=O. The van der Waals surface area contributed by atoms with E-state index in [1.165, 1.54) is 0 Å². The summed E-state index contributed by atoms with van der Waals surface area (Å²) in [6.07, 6.45) is 0.918. The third kappa shape index (κ3) is 3.65. The number of fused-ring (bicyclic) bond motifs is 1. The van der Waals surface area contributed by atoms with Crippen LogP contribution in [-0.2, 0) is 16.0 Å². The van der Waals surface area contributed by atoms with Gasteiger partial charge in [-0.1, -0.05) is 25.1 Å². The maximum Gasteiger partial charge on any atom is 0.247 e. The largest absolute Gasteiger partial charge is 0.372 e. The summed E-state index contributed by atoms with van der Waals surface area (Å²) in [5.41, 5.74) is 5.76. The van der Waals surface area contributed by atoms with Crippen LogP contribution in [-0.4, -0.2) is 17.9 Å². The van der Waals surface area contributed by atoms with E-state index in [-0.39, 0.29) is 18.2 Å². The van der Waals surface area contributed by atoms with Crippen molar-refractivity contribution in [2.75, 3.05) is 16.0 Å². The molecule has 1 aliphatic rings. The van der Waals surface area contributed by atoms with Crippen LogP contribution in [0, 0.1) is 13.8 Å². The molecule has 1 heterocycles. The summed E-state index contributed by atoms with van der Waals surface area (Å²) < 4.78 is 0. The summed E-state index contributed by atoms with van der Waals surface area (Å²) in [6, 6.07) is 11.1. The molecule has 1 atom stereocenters. The van der Waals surface area contributed by atoms with Crippen LogP contribution in [0.5, 0.6) is 0 Å². The summed E-state index contributed by atoms with van der Waals surface area (Å²) in [6.45, 7) is 6.08. The molecule has 0 saturated carbocycles. The summed E-state index contributed by atoms with van der Waals surface area (Å²) in [4.78, 5) is 24.7. The average molecular weight is 337 g/mol. The van der Waals surface area contributed by atoms with Gasteiger partial charge in [0.2, 0.25) is 11.8 Å². The van der Waals surface area contributed by atoms with Crippen molar-refractivity contribution < 1.29 is 9.59 Å². The van der Waals surface area contributed by atoms with Gasteiger partial charge in [0.25, 0.3) is 0 Å². The topological polar surface area (TPSA) is 70.2 Å². The first-order valence-electron chi connectivity index (χ1n) is 8.54. The third-order valence-electron chi connectivity index (χ3n) is 4.60. The minimum atomic E-state index is -0.580. The summed E-state index contributed by atoms with van der Waals surface area (Å²) in [5.74, 6) is -0.365. The van der Waals surface area contributed by atoms with Gasteiger partial charge in [0.1, 0.15) is 6.04 Å². The number of rotatable bonds is 4. The zero-order chi connectivity index (χ0) is 18.0. The molecule has 5 heteroatoms. The second kappa shape index (κ2) is 6.97. The highest BCUT2D eigenvalue weighted by Crippen LogP contribution is 2.30. The fraction of sp³-hybridized carbons (Fsp3) is 0.300. The Balaban J connectivity index is 1.71. The third-order valence-corrected chi connectivity index (χ3v) is 4.60. The predicted molar refractivity (Wildman–Crippen MR) is 101 cm³/mol. The second-order valence-corrected chi connectivity index (χ2v) is 6.43. The molecule has 3 N–H and O–H groups in total. The molecule has 3 rings (SSSR count). The van der Waals surface area contributed by atoms with Crippen LogP contribution in [0.2, 0.25) is 0 Å². The number of hydrogen-bond donors (Lipinski definition) is 3. The van der Waals surface area contributed by atoms with E-state index in [0.29, 0.717) is 0 Å². The molecule has 0 unspecified atom stereocenters.